The molecule has 0 aromatic heterocycles. The van der Waals surface area contributed by atoms with Crippen molar-refractivity contribution in [3.05, 3.63) is 0 Å². The number of rotatable bonds is 6. The molecule has 4 nitrogen and oxygen atoms in total. The molecule has 0 aromatic rings. The monoisotopic (exact) mass is 228 g/mol. The van der Waals surface area contributed by atoms with E-state index in [0.29, 0.717) is 12.6 Å². The normalized spacial score (nSPS) is 21.9. The second-order valence-corrected chi connectivity index (χ2v) is 4.61. The molecule has 1 amide bonds. The van der Waals surface area contributed by atoms with Crippen LogP contribution in [0.15, 0.2) is 0 Å². The minimum atomic E-state index is -0.221. The highest BCUT2D eigenvalue weighted by molar-refractivity contribution is 5.80. The van der Waals surface area contributed by atoms with E-state index in [4.69, 9.17) is 4.74 Å². The zero-order valence-electron chi connectivity index (χ0n) is 10.4. The molecule has 16 heavy (non-hydrogen) atoms. The fraction of sp³-hybridized carbons (Fsp3) is 0.917. The van der Waals surface area contributed by atoms with Gasteiger partial charge in [0.1, 0.15) is 6.10 Å². The highest BCUT2D eigenvalue weighted by Crippen LogP contribution is 2.09. The van der Waals surface area contributed by atoms with E-state index in [1.807, 2.05) is 0 Å². The van der Waals surface area contributed by atoms with E-state index in [1.165, 1.54) is 0 Å². The van der Waals surface area contributed by atoms with E-state index < -0.39 is 0 Å². The molecule has 0 spiro atoms. The van der Waals surface area contributed by atoms with Gasteiger partial charge >= 0.3 is 0 Å². The Morgan fingerprint density at radius 3 is 3.06 bits per heavy atom. The number of amides is 1. The van der Waals surface area contributed by atoms with Gasteiger partial charge in [-0.25, -0.2) is 0 Å². The first-order valence-corrected chi connectivity index (χ1v) is 6.33. The predicted octanol–water partition coefficient (Wildman–Crippen LogP) is 1.06. The summed E-state index contributed by atoms with van der Waals surface area (Å²) < 4.78 is 5.60. The highest BCUT2D eigenvalue weighted by atomic mass is 16.5. The molecule has 1 rings (SSSR count). The van der Waals surface area contributed by atoms with E-state index in [0.717, 1.165) is 38.8 Å². The Morgan fingerprint density at radius 2 is 2.31 bits per heavy atom. The van der Waals surface area contributed by atoms with Gasteiger partial charge in [-0.3, -0.25) is 4.79 Å². The molecular formula is C12H24N2O2. The molecule has 1 atom stereocenters. The Morgan fingerprint density at radius 1 is 1.50 bits per heavy atom. The van der Waals surface area contributed by atoms with Crippen LogP contribution in [0.3, 0.4) is 0 Å². The highest BCUT2D eigenvalue weighted by Gasteiger charge is 2.20. The Hall–Kier alpha value is -0.610. The summed E-state index contributed by atoms with van der Waals surface area (Å²) in [5.41, 5.74) is 0. The van der Waals surface area contributed by atoms with Crippen molar-refractivity contribution < 1.29 is 9.53 Å². The maximum Gasteiger partial charge on any atom is 0.249 e. The van der Waals surface area contributed by atoms with Crippen molar-refractivity contribution in [3.8, 4) is 0 Å². The Balaban J connectivity index is 2.08. The largest absolute Gasteiger partial charge is 0.368 e. The van der Waals surface area contributed by atoms with Crippen molar-refractivity contribution in [2.45, 2.75) is 51.7 Å². The summed E-state index contributed by atoms with van der Waals surface area (Å²) >= 11 is 0. The fourth-order valence-electron chi connectivity index (χ4n) is 1.76. The molecule has 0 bridgehead atoms. The molecule has 1 saturated heterocycles. The summed E-state index contributed by atoms with van der Waals surface area (Å²) in [5, 5.41) is 6.20. The van der Waals surface area contributed by atoms with Gasteiger partial charge in [0.2, 0.25) is 5.91 Å². The lowest BCUT2D eigenvalue weighted by atomic mass is 10.2. The number of hydrogen-bond donors (Lipinski definition) is 2. The standard InChI is InChI=1S/C12H24N2O2/c1-10(2)13-8-5-9-16-11-6-3-4-7-14-12(11)15/h10-11,13H,3-9H2,1-2H3,(H,14,15). The average molecular weight is 228 g/mol. The van der Waals surface area contributed by atoms with Gasteiger partial charge in [-0.15, -0.1) is 0 Å². The first kappa shape index (κ1) is 13.5. The molecule has 1 fully saturated rings. The average Bonchev–Trinajstić information content (AvgIpc) is 2.43. The van der Waals surface area contributed by atoms with Crippen molar-refractivity contribution >= 4 is 5.91 Å². The van der Waals surface area contributed by atoms with Gasteiger partial charge < -0.3 is 15.4 Å². The molecule has 0 aliphatic carbocycles. The van der Waals surface area contributed by atoms with Crippen molar-refractivity contribution in [1.29, 1.82) is 0 Å². The van der Waals surface area contributed by atoms with Crippen molar-refractivity contribution in [2.75, 3.05) is 19.7 Å². The van der Waals surface area contributed by atoms with Gasteiger partial charge in [-0.05, 0) is 32.2 Å². The topological polar surface area (TPSA) is 50.4 Å². The second-order valence-electron chi connectivity index (χ2n) is 4.61. The van der Waals surface area contributed by atoms with E-state index in [-0.39, 0.29) is 12.0 Å². The van der Waals surface area contributed by atoms with E-state index in [9.17, 15) is 4.79 Å². The Kier molecular flexibility index (Phi) is 6.42. The molecule has 94 valence electrons. The van der Waals surface area contributed by atoms with Crippen LogP contribution in [0, 0.1) is 0 Å². The van der Waals surface area contributed by atoms with Gasteiger partial charge in [0.25, 0.3) is 0 Å². The third kappa shape index (κ3) is 5.47. The van der Waals surface area contributed by atoms with Crippen molar-refractivity contribution in [3.63, 3.8) is 0 Å². The number of hydrogen-bond acceptors (Lipinski definition) is 3. The van der Waals surface area contributed by atoms with Crippen LogP contribution in [0.1, 0.15) is 39.5 Å². The van der Waals surface area contributed by atoms with Gasteiger partial charge in [0.05, 0.1) is 0 Å². The first-order valence-electron chi connectivity index (χ1n) is 6.33. The number of ether oxygens (including phenoxy) is 1. The Bertz CT molecular complexity index is 207. The zero-order chi connectivity index (χ0) is 11.8. The van der Waals surface area contributed by atoms with Gasteiger partial charge in [0, 0.05) is 19.2 Å². The first-order chi connectivity index (χ1) is 7.70. The summed E-state index contributed by atoms with van der Waals surface area (Å²) in [6, 6.07) is 0.515. The molecule has 2 N–H and O–H groups in total. The van der Waals surface area contributed by atoms with Crippen LogP contribution < -0.4 is 10.6 Å². The van der Waals surface area contributed by atoms with E-state index in [1.54, 1.807) is 0 Å². The van der Waals surface area contributed by atoms with Crippen LogP contribution in [0.2, 0.25) is 0 Å². The minimum absolute atomic E-state index is 0.0642. The molecule has 0 radical (unpaired) electrons. The van der Waals surface area contributed by atoms with Gasteiger partial charge in [-0.1, -0.05) is 13.8 Å². The van der Waals surface area contributed by atoms with Crippen LogP contribution in [0.4, 0.5) is 0 Å². The predicted molar refractivity (Wildman–Crippen MR) is 64.4 cm³/mol. The molecule has 1 heterocycles. The smallest absolute Gasteiger partial charge is 0.249 e. The van der Waals surface area contributed by atoms with Crippen LogP contribution >= 0.6 is 0 Å². The molecule has 4 heteroatoms. The van der Waals surface area contributed by atoms with Crippen LogP contribution in [-0.4, -0.2) is 37.7 Å². The lowest BCUT2D eigenvalue weighted by Crippen LogP contribution is -2.35. The second kappa shape index (κ2) is 7.63. The number of carbonyl (C=O) groups excluding carboxylic acids is 1. The molecule has 0 aromatic carbocycles. The molecular weight excluding hydrogens is 204 g/mol. The zero-order valence-corrected chi connectivity index (χ0v) is 10.4. The van der Waals surface area contributed by atoms with Crippen molar-refractivity contribution in [2.24, 2.45) is 0 Å². The van der Waals surface area contributed by atoms with Crippen molar-refractivity contribution in [1.82, 2.24) is 10.6 Å². The van der Waals surface area contributed by atoms with Crippen LogP contribution in [-0.2, 0) is 9.53 Å². The van der Waals surface area contributed by atoms with Gasteiger partial charge in [-0.2, -0.15) is 0 Å². The third-order valence-electron chi connectivity index (χ3n) is 2.68. The summed E-state index contributed by atoms with van der Waals surface area (Å²) in [7, 11) is 0. The van der Waals surface area contributed by atoms with E-state index in [2.05, 4.69) is 24.5 Å². The number of nitrogens with one attached hydrogen (secondary N) is 2. The third-order valence-corrected chi connectivity index (χ3v) is 2.68. The Labute approximate surface area is 98.1 Å². The molecule has 0 saturated carbocycles. The molecule has 1 unspecified atom stereocenters. The lowest BCUT2D eigenvalue weighted by molar-refractivity contribution is -0.132. The molecule has 1 aliphatic heterocycles. The maximum absolute atomic E-state index is 11.5. The summed E-state index contributed by atoms with van der Waals surface area (Å²) in [4.78, 5) is 11.5. The van der Waals surface area contributed by atoms with Crippen LogP contribution in [0.25, 0.3) is 0 Å². The van der Waals surface area contributed by atoms with E-state index >= 15 is 0 Å². The number of carbonyl (C=O) groups is 1. The maximum atomic E-state index is 11.5. The minimum Gasteiger partial charge on any atom is -0.368 e. The molecule has 1 aliphatic rings. The quantitative estimate of drug-likeness (QED) is 0.668. The fourth-order valence-corrected chi connectivity index (χ4v) is 1.76. The summed E-state index contributed by atoms with van der Waals surface area (Å²) in [6.07, 6.45) is 3.75. The SMILES string of the molecule is CC(C)NCCCOC1CCCCNC1=O. The van der Waals surface area contributed by atoms with Gasteiger partial charge in [0.15, 0.2) is 0 Å². The lowest BCUT2D eigenvalue weighted by Gasteiger charge is -2.14. The van der Waals surface area contributed by atoms with Crippen LogP contribution in [0.5, 0.6) is 0 Å². The summed E-state index contributed by atoms with van der Waals surface area (Å²) in [5.74, 6) is 0.0642. The summed E-state index contributed by atoms with van der Waals surface area (Å²) in [6.45, 7) is 6.66.